The highest BCUT2D eigenvalue weighted by Gasteiger charge is 2.33. The summed E-state index contributed by atoms with van der Waals surface area (Å²) in [5.74, 6) is -0.247. The van der Waals surface area contributed by atoms with Crippen LogP contribution in [0.5, 0.6) is 0 Å². The van der Waals surface area contributed by atoms with Crippen molar-refractivity contribution in [1.29, 1.82) is 0 Å². The van der Waals surface area contributed by atoms with Gasteiger partial charge >= 0.3 is 0 Å². The van der Waals surface area contributed by atoms with E-state index in [2.05, 4.69) is 0 Å². The Morgan fingerprint density at radius 1 is 1.14 bits per heavy atom. The van der Waals surface area contributed by atoms with Gasteiger partial charge in [0.1, 0.15) is 6.61 Å². The molecule has 0 aromatic heterocycles. The zero-order chi connectivity index (χ0) is 14.8. The minimum absolute atomic E-state index is 0.232. The molecule has 2 aromatic rings. The van der Waals surface area contributed by atoms with Crippen molar-refractivity contribution in [2.45, 2.75) is 18.9 Å². The highest BCUT2D eigenvalue weighted by Crippen LogP contribution is 2.34. The second-order valence-electron chi connectivity index (χ2n) is 5.18. The van der Waals surface area contributed by atoms with Crippen molar-refractivity contribution in [2.24, 2.45) is 0 Å². The number of hydrogen-bond donors (Lipinski definition) is 1. The third-order valence-electron chi connectivity index (χ3n) is 3.65. The van der Waals surface area contributed by atoms with Crippen molar-refractivity contribution in [3.63, 3.8) is 0 Å². The lowest BCUT2D eigenvalue weighted by molar-refractivity contribution is -0.121. The van der Waals surface area contributed by atoms with E-state index in [0.29, 0.717) is 5.02 Å². The molecular formula is C17H16ClNO2. The molecule has 1 fully saturated rings. The number of nitrogens with zero attached hydrogens (tertiary/aromatic N) is 1. The van der Waals surface area contributed by atoms with Gasteiger partial charge in [-0.05, 0) is 36.6 Å². The maximum atomic E-state index is 11.9. The lowest BCUT2D eigenvalue weighted by Gasteiger charge is -2.22. The molecule has 1 N–H and O–H groups in total. The van der Waals surface area contributed by atoms with E-state index < -0.39 is 6.61 Å². The van der Waals surface area contributed by atoms with Gasteiger partial charge in [-0.3, -0.25) is 4.79 Å². The van der Waals surface area contributed by atoms with Gasteiger partial charge in [-0.15, -0.1) is 0 Å². The van der Waals surface area contributed by atoms with Crippen LogP contribution < -0.4 is 4.90 Å². The number of anilines is 1. The van der Waals surface area contributed by atoms with Gasteiger partial charge in [0, 0.05) is 22.3 Å². The average molecular weight is 302 g/mol. The van der Waals surface area contributed by atoms with E-state index in [-0.39, 0.29) is 11.9 Å². The number of hydrogen-bond acceptors (Lipinski definition) is 2. The van der Waals surface area contributed by atoms with E-state index in [1.54, 1.807) is 4.90 Å². The average Bonchev–Trinajstić information content (AvgIpc) is 3.33. The molecule has 3 rings (SSSR count). The zero-order valence-electron chi connectivity index (χ0n) is 11.5. The molecule has 1 amide bonds. The van der Waals surface area contributed by atoms with Crippen LogP contribution in [0.2, 0.25) is 5.02 Å². The first-order valence-corrected chi connectivity index (χ1v) is 7.36. The molecule has 0 bridgehead atoms. The lowest BCUT2D eigenvalue weighted by Crippen LogP contribution is -2.35. The van der Waals surface area contributed by atoms with Gasteiger partial charge in [-0.25, -0.2) is 0 Å². The normalized spacial score (nSPS) is 14.0. The molecule has 3 nitrogen and oxygen atoms in total. The molecule has 0 spiro atoms. The van der Waals surface area contributed by atoms with Gasteiger partial charge < -0.3 is 10.0 Å². The van der Waals surface area contributed by atoms with E-state index >= 15 is 0 Å². The monoisotopic (exact) mass is 301 g/mol. The minimum atomic E-state index is -0.456. The Morgan fingerprint density at radius 2 is 1.81 bits per heavy atom. The second-order valence-corrected chi connectivity index (χ2v) is 5.59. The molecule has 4 heteroatoms. The second kappa shape index (κ2) is 5.88. The van der Waals surface area contributed by atoms with E-state index in [1.807, 2.05) is 48.5 Å². The fraction of sp³-hybridized carbons (Fsp3) is 0.235. The first kappa shape index (κ1) is 14.1. The van der Waals surface area contributed by atoms with Crippen molar-refractivity contribution in [2.75, 3.05) is 11.5 Å². The predicted octanol–water partition coefficient (Wildman–Crippen LogP) is 3.49. The standard InChI is InChI=1S/C17H16ClNO2/c18-16-4-2-1-3-15(16)12-5-7-13(8-6-12)19(14-9-10-14)17(21)11-20/h1-8,14,20H,9-11H2. The van der Waals surface area contributed by atoms with Gasteiger partial charge in [0.2, 0.25) is 0 Å². The van der Waals surface area contributed by atoms with E-state index in [0.717, 1.165) is 29.7 Å². The fourth-order valence-corrected chi connectivity index (χ4v) is 2.71. The third kappa shape index (κ3) is 2.94. The minimum Gasteiger partial charge on any atom is -0.387 e. The molecule has 0 unspecified atom stereocenters. The van der Waals surface area contributed by atoms with Crippen LogP contribution in [-0.4, -0.2) is 23.7 Å². The smallest absolute Gasteiger partial charge is 0.252 e. The van der Waals surface area contributed by atoms with Gasteiger partial charge in [0.15, 0.2) is 0 Å². The van der Waals surface area contributed by atoms with Crippen molar-refractivity contribution in [1.82, 2.24) is 0 Å². The number of benzene rings is 2. The highest BCUT2D eigenvalue weighted by molar-refractivity contribution is 6.33. The number of halogens is 1. The Morgan fingerprint density at radius 3 is 2.38 bits per heavy atom. The highest BCUT2D eigenvalue weighted by atomic mass is 35.5. The Hall–Kier alpha value is -1.84. The van der Waals surface area contributed by atoms with Crippen LogP contribution in [0.1, 0.15) is 12.8 Å². The van der Waals surface area contributed by atoms with Crippen LogP contribution in [0, 0.1) is 0 Å². The third-order valence-corrected chi connectivity index (χ3v) is 3.98. The Bertz CT molecular complexity index is 650. The number of rotatable bonds is 4. The van der Waals surface area contributed by atoms with Crippen LogP contribution in [0.25, 0.3) is 11.1 Å². The summed E-state index contributed by atoms with van der Waals surface area (Å²) in [6, 6.07) is 15.6. The van der Waals surface area contributed by atoms with Crippen LogP contribution in [0.4, 0.5) is 5.69 Å². The van der Waals surface area contributed by atoms with Crippen LogP contribution in [-0.2, 0) is 4.79 Å². The van der Waals surface area contributed by atoms with Crippen molar-refractivity contribution in [3.8, 4) is 11.1 Å². The molecule has 0 saturated heterocycles. The van der Waals surface area contributed by atoms with Crippen molar-refractivity contribution in [3.05, 3.63) is 53.6 Å². The maximum absolute atomic E-state index is 11.9. The zero-order valence-corrected chi connectivity index (χ0v) is 12.3. The van der Waals surface area contributed by atoms with Gasteiger partial charge in [-0.2, -0.15) is 0 Å². The summed E-state index contributed by atoms with van der Waals surface area (Å²) in [6.45, 7) is -0.456. The number of carbonyl (C=O) groups is 1. The Balaban J connectivity index is 1.90. The lowest BCUT2D eigenvalue weighted by atomic mass is 10.1. The molecule has 21 heavy (non-hydrogen) atoms. The number of aliphatic hydroxyl groups is 1. The number of amides is 1. The molecule has 0 radical (unpaired) electrons. The number of aliphatic hydroxyl groups excluding tert-OH is 1. The van der Waals surface area contributed by atoms with Crippen LogP contribution >= 0.6 is 11.6 Å². The SMILES string of the molecule is O=C(CO)N(c1ccc(-c2ccccc2Cl)cc1)C1CC1. The molecule has 0 heterocycles. The van der Waals surface area contributed by atoms with Crippen molar-refractivity contribution >= 4 is 23.2 Å². The summed E-state index contributed by atoms with van der Waals surface area (Å²) in [5, 5.41) is 9.81. The largest absolute Gasteiger partial charge is 0.387 e. The topological polar surface area (TPSA) is 40.5 Å². The summed E-state index contributed by atoms with van der Waals surface area (Å²) in [6.07, 6.45) is 2.00. The van der Waals surface area contributed by atoms with E-state index in [4.69, 9.17) is 16.7 Å². The van der Waals surface area contributed by atoms with E-state index in [1.165, 1.54) is 0 Å². The van der Waals surface area contributed by atoms with Crippen LogP contribution in [0.3, 0.4) is 0 Å². The molecule has 1 saturated carbocycles. The molecule has 108 valence electrons. The predicted molar refractivity (Wildman–Crippen MR) is 84.5 cm³/mol. The summed E-state index contributed by atoms with van der Waals surface area (Å²) >= 11 is 6.20. The molecule has 1 aliphatic rings. The molecule has 2 aromatic carbocycles. The fourth-order valence-electron chi connectivity index (χ4n) is 2.46. The Kier molecular flexibility index (Phi) is 3.95. The number of carbonyl (C=O) groups excluding carboxylic acids is 1. The first-order valence-electron chi connectivity index (χ1n) is 6.98. The summed E-state index contributed by atoms with van der Waals surface area (Å²) in [4.78, 5) is 13.5. The van der Waals surface area contributed by atoms with Gasteiger partial charge in [0.05, 0.1) is 0 Å². The summed E-state index contributed by atoms with van der Waals surface area (Å²) in [7, 11) is 0. The summed E-state index contributed by atoms with van der Waals surface area (Å²) < 4.78 is 0. The molecule has 0 aliphatic heterocycles. The molecule has 0 atom stereocenters. The van der Waals surface area contributed by atoms with Gasteiger partial charge in [0.25, 0.3) is 5.91 Å². The molecular weight excluding hydrogens is 286 g/mol. The molecule has 1 aliphatic carbocycles. The Labute approximate surface area is 128 Å². The maximum Gasteiger partial charge on any atom is 0.252 e. The van der Waals surface area contributed by atoms with Crippen molar-refractivity contribution < 1.29 is 9.90 Å². The quantitative estimate of drug-likeness (QED) is 0.939. The first-order chi connectivity index (χ1) is 10.2. The summed E-state index contributed by atoms with van der Waals surface area (Å²) in [5.41, 5.74) is 2.81. The van der Waals surface area contributed by atoms with Gasteiger partial charge in [-0.1, -0.05) is 41.9 Å². The van der Waals surface area contributed by atoms with E-state index in [9.17, 15) is 4.79 Å². The van der Waals surface area contributed by atoms with Crippen LogP contribution in [0.15, 0.2) is 48.5 Å².